The van der Waals surface area contributed by atoms with Crippen molar-refractivity contribution in [1.82, 2.24) is 0 Å². The second kappa shape index (κ2) is 25.1. The highest BCUT2D eigenvalue weighted by Gasteiger charge is 2.21. The molecule has 0 unspecified atom stereocenters. The first-order valence-corrected chi connectivity index (χ1v) is 26.7. The van der Waals surface area contributed by atoms with E-state index in [1.54, 1.807) is 55.5 Å². The molecule has 396 valence electrons. The Morgan fingerprint density at radius 3 is 1.64 bits per heavy atom. The Bertz CT molecular complexity index is 4150. The van der Waals surface area contributed by atoms with E-state index in [2.05, 4.69) is 46.2 Å². The van der Waals surface area contributed by atoms with Gasteiger partial charge in [0.25, 0.3) is 20.2 Å². The number of hydrogen-bond acceptors (Lipinski definition) is 22. The first-order chi connectivity index (χ1) is 36.4. The van der Waals surface area contributed by atoms with E-state index in [1.807, 2.05) is 68.4 Å². The van der Waals surface area contributed by atoms with Gasteiger partial charge in [-0.3, -0.25) is 9.11 Å². The van der Waals surface area contributed by atoms with Gasteiger partial charge >= 0.3 is 21.2 Å². The molecule has 0 radical (unpaired) electrons. The monoisotopic (exact) mass is 1120 g/mol. The van der Waals surface area contributed by atoms with Crippen molar-refractivity contribution in [3.63, 3.8) is 0 Å². The number of aryl methyl sites for hydroxylation is 3. The number of aliphatic hydroxyl groups excluding tert-OH is 1. The molecule has 8 aromatic rings. The molecule has 0 aliphatic heterocycles. The standard InChI is InChI=1S/C49H41N9O9S2.2O3S/c1-28-19-36(15-18-39(28)52-58-45-25-38-31(24-48(45)69(64,65)66)9-8-12-47(38)68(61,62)63)51-54-41-20-30(3)42(21-29(41)2)55-56-43-26-46(67-4)44(23-33(43)27-59)57-53-40-17-13-32-22-35(14-16-37(32)49(40)60)50-34-10-6-5-7-11-34;2*1-4(2)3/h5-26,50,59-60H,27H2,1-4H3,(H,61,62,63)(H,64,65,66);;. The quantitative estimate of drug-likeness (QED) is 0.0499. The van der Waals surface area contributed by atoms with Gasteiger partial charge in [0.2, 0.25) is 0 Å². The third-order valence-corrected chi connectivity index (χ3v) is 12.6. The van der Waals surface area contributed by atoms with Gasteiger partial charge in [-0.05, 0) is 139 Å². The molecule has 0 spiro atoms. The van der Waals surface area contributed by atoms with E-state index in [4.69, 9.17) is 30.0 Å². The van der Waals surface area contributed by atoms with Crippen molar-refractivity contribution in [2.24, 2.45) is 40.9 Å². The highest BCUT2D eigenvalue weighted by molar-refractivity contribution is 7.86. The molecule has 0 aromatic heterocycles. The summed E-state index contributed by atoms with van der Waals surface area (Å²) in [4.78, 5) is -1.08. The van der Waals surface area contributed by atoms with Crippen LogP contribution in [0.4, 0.5) is 56.9 Å². The predicted octanol–water partition coefficient (Wildman–Crippen LogP) is 12.0. The SMILES string of the molecule is COc1cc(N=Nc2cc(C)c(N=Nc3ccc(N=Nc4cc5c(S(=O)(=O)O)cccc5cc4S(=O)(=O)O)c(C)c3)cc2C)c(CO)cc1N=Nc1ccc2cc(Nc3ccccc3)ccc2c1O.O=S(=O)=O.O=S(=O)=O. The van der Waals surface area contributed by atoms with Crippen molar-refractivity contribution in [1.29, 1.82) is 0 Å². The normalized spacial score (nSPS) is 11.7. The van der Waals surface area contributed by atoms with Gasteiger partial charge in [-0.2, -0.15) is 42.4 Å². The third kappa shape index (κ3) is 15.4. The maximum absolute atomic E-state index is 12.2. The molecule has 0 bridgehead atoms. The van der Waals surface area contributed by atoms with Crippen LogP contribution < -0.4 is 10.1 Å². The number of fused-ring (bicyclic) bond motifs is 2. The summed E-state index contributed by atoms with van der Waals surface area (Å²) >= 11 is 0. The number of para-hydroxylation sites is 1. The maximum atomic E-state index is 12.2. The second-order valence-corrected chi connectivity index (χ2v) is 19.6. The van der Waals surface area contributed by atoms with Gasteiger partial charge in [-0.15, -0.1) is 40.6 Å². The zero-order chi connectivity index (χ0) is 56.2. The molecule has 0 atom stereocenters. The summed E-state index contributed by atoms with van der Waals surface area (Å²) in [6, 6.07) is 36.6. The lowest BCUT2D eigenvalue weighted by atomic mass is 10.1. The molecule has 8 rings (SSSR count). The molecule has 0 amide bonds. The molecule has 0 saturated carbocycles. The van der Waals surface area contributed by atoms with Crippen molar-refractivity contribution < 1.29 is 66.1 Å². The summed E-state index contributed by atoms with van der Waals surface area (Å²) in [7, 11) is -14.2. The van der Waals surface area contributed by atoms with Gasteiger partial charge in [0.05, 0.1) is 42.2 Å². The van der Waals surface area contributed by atoms with Crippen molar-refractivity contribution in [2.75, 3.05) is 12.4 Å². The number of nitrogens with one attached hydrogen (secondary N) is 1. The van der Waals surface area contributed by atoms with Gasteiger partial charge in [-0.25, -0.2) is 0 Å². The largest absolute Gasteiger partial charge is 0.505 e. The lowest BCUT2D eigenvalue weighted by Crippen LogP contribution is -2.01. The van der Waals surface area contributed by atoms with Crippen molar-refractivity contribution >= 4 is 120 Å². The Morgan fingerprint density at radius 2 is 1.03 bits per heavy atom. The molecule has 28 heteroatoms. The number of benzene rings is 8. The van der Waals surface area contributed by atoms with Crippen LogP contribution in [-0.2, 0) is 48.1 Å². The number of aromatic hydroxyl groups is 1. The van der Waals surface area contributed by atoms with E-state index < -0.39 is 51.2 Å². The number of hydrogen-bond donors (Lipinski definition) is 5. The lowest BCUT2D eigenvalue weighted by Gasteiger charge is -2.10. The van der Waals surface area contributed by atoms with Crippen molar-refractivity contribution in [3.8, 4) is 11.5 Å². The number of ether oxygens (including phenoxy) is 1. The first-order valence-electron chi connectivity index (χ1n) is 21.8. The fourth-order valence-electron chi connectivity index (χ4n) is 7.23. The Morgan fingerprint density at radius 1 is 0.481 bits per heavy atom. The summed E-state index contributed by atoms with van der Waals surface area (Å²) < 4.78 is 124. The van der Waals surface area contributed by atoms with Crippen LogP contribution >= 0.6 is 0 Å². The van der Waals surface area contributed by atoms with Gasteiger partial charge in [0, 0.05) is 33.8 Å². The minimum atomic E-state index is -4.81. The highest BCUT2D eigenvalue weighted by atomic mass is 32.2. The molecule has 8 aromatic carbocycles. The molecule has 0 aliphatic rings. The number of phenols is 1. The average molecular weight is 1120 g/mol. The minimum absolute atomic E-state index is 0.0221. The molecule has 0 aliphatic carbocycles. The van der Waals surface area contributed by atoms with Crippen LogP contribution in [-0.4, -0.2) is 68.5 Å². The van der Waals surface area contributed by atoms with Crippen molar-refractivity contribution in [3.05, 3.63) is 156 Å². The predicted molar refractivity (Wildman–Crippen MR) is 281 cm³/mol. The highest BCUT2D eigenvalue weighted by Crippen LogP contribution is 2.41. The Labute approximate surface area is 441 Å². The van der Waals surface area contributed by atoms with E-state index in [0.717, 1.165) is 46.1 Å². The molecule has 77 heavy (non-hydrogen) atoms. The molecular formula is C49H41N9O15S4. The molecular weight excluding hydrogens is 1080 g/mol. The number of nitrogens with zero attached hydrogens (tertiary/aromatic N) is 8. The number of anilines is 2. The van der Waals surface area contributed by atoms with Crippen LogP contribution in [0.3, 0.4) is 0 Å². The van der Waals surface area contributed by atoms with Gasteiger partial charge in [-0.1, -0.05) is 36.4 Å². The number of azo groups is 4. The molecule has 0 heterocycles. The Hall–Kier alpha value is -8.90. The summed E-state index contributed by atoms with van der Waals surface area (Å²) in [5.74, 6) is 0.271. The van der Waals surface area contributed by atoms with Gasteiger partial charge in [0.15, 0.2) is 5.75 Å². The van der Waals surface area contributed by atoms with Crippen LogP contribution in [0.15, 0.2) is 184 Å². The van der Waals surface area contributed by atoms with Gasteiger partial charge < -0.3 is 20.3 Å². The zero-order valence-electron chi connectivity index (χ0n) is 40.4. The Balaban J connectivity index is 0.00000112. The van der Waals surface area contributed by atoms with E-state index >= 15 is 0 Å². The summed E-state index contributed by atoms with van der Waals surface area (Å²) in [6.45, 7) is 5.01. The minimum Gasteiger partial charge on any atom is -0.505 e. The number of rotatable bonds is 14. The summed E-state index contributed by atoms with van der Waals surface area (Å²) in [5, 5.41) is 60.9. The number of phenolic OH excluding ortho intramolecular Hbond substituents is 1. The van der Waals surface area contributed by atoms with Crippen LogP contribution in [0.2, 0.25) is 0 Å². The number of aliphatic hydroxyl groups is 1. The summed E-state index contributed by atoms with van der Waals surface area (Å²) in [5.41, 5.74) is 6.65. The lowest BCUT2D eigenvalue weighted by molar-refractivity contribution is 0.282. The summed E-state index contributed by atoms with van der Waals surface area (Å²) in [6.07, 6.45) is 0. The fraction of sp³-hybridized carbons (Fsp3) is 0.102. The van der Waals surface area contributed by atoms with E-state index in [-0.39, 0.29) is 34.5 Å². The van der Waals surface area contributed by atoms with Crippen LogP contribution in [0.25, 0.3) is 21.5 Å². The van der Waals surface area contributed by atoms with E-state index in [0.29, 0.717) is 56.4 Å². The van der Waals surface area contributed by atoms with Crippen LogP contribution in [0.1, 0.15) is 22.3 Å². The molecule has 5 N–H and O–H groups in total. The molecule has 0 fully saturated rings. The maximum Gasteiger partial charge on any atom is 0.425 e. The van der Waals surface area contributed by atoms with E-state index in [1.165, 1.54) is 19.2 Å². The average Bonchev–Trinajstić information content (AvgIpc) is 3.37. The van der Waals surface area contributed by atoms with E-state index in [9.17, 15) is 36.2 Å². The van der Waals surface area contributed by atoms with Crippen LogP contribution in [0, 0.1) is 20.8 Å². The third-order valence-electron chi connectivity index (χ3n) is 10.8. The smallest absolute Gasteiger partial charge is 0.425 e. The topological polar surface area (TPSA) is 372 Å². The zero-order valence-corrected chi connectivity index (χ0v) is 43.7. The molecule has 24 nitrogen and oxygen atoms in total. The van der Waals surface area contributed by atoms with Gasteiger partial charge in [0.1, 0.15) is 32.6 Å². The van der Waals surface area contributed by atoms with Crippen LogP contribution in [0.5, 0.6) is 11.5 Å². The first kappa shape index (κ1) is 57.4. The number of methoxy groups -OCH3 is 1. The van der Waals surface area contributed by atoms with Crippen molar-refractivity contribution in [2.45, 2.75) is 37.2 Å². The second-order valence-electron chi connectivity index (χ2n) is 16.0. The Kier molecular flexibility index (Phi) is 18.7. The molecule has 0 saturated heterocycles. The fourth-order valence-corrected chi connectivity index (χ4v) is 8.58.